The molecule has 98 valence electrons. The third-order valence-electron chi connectivity index (χ3n) is 3.79. The van der Waals surface area contributed by atoms with E-state index in [1.54, 1.807) is 6.07 Å². The van der Waals surface area contributed by atoms with Gasteiger partial charge in [0.15, 0.2) is 0 Å². The highest BCUT2D eigenvalue weighted by atomic mass is 35.5. The summed E-state index contributed by atoms with van der Waals surface area (Å²) in [7, 11) is 0. The number of halogens is 2. The Kier molecular flexibility index (Phi) is 3.29. The lowest BCUT2D eigenvalue weighted by atomic mass is 9.73. The Bertz CT molecular complexity index is 611. The van der Waals surface area contributed by atoms with Gasteiger partial charge in [-0.1, -0.05) is 41.9 Å². The molecule has 3 rings (SSSR count). The van der Waals surface area contributed by atoms with Gasteiger partial charge in [-0.05, 0) is 41.7 Å². The van der Waals surface area contributed by atoms with Crippen LogP contribution in [0.15, 0.2) is 42.5 Å². The molecule has 0 fully saturated rings. The first-order chi connectivity index (χ1) is 9.15. The van der Waals surface area contributed by atoms with E-state index in [-0.39, 0.29) is 10.9 Å². The van der Waals surface area contributed by atoms with E-state index in [4.69, 9.17) is 11.6 Å². The summed E-state index contributed by atoms with van der Waals surface area (Å²) < 4.78 is 13.4. The lowest BCUT2D eigenvalue weighted by molar-refractivity contribution is 0.133. The van der Waals surface area contributed by atoms with E-state index >= 15 is 0 Å². The first kappa shape index (κ1) is 12.6. The monoisotopic (exact) mass is 276 g/mol. The number of rotatable bonds is 3. The Morgan fingerprint density at radius 2 is 2.05 bits per heavy atom. The van der Waals surface area contributed by atoms with Gasteiger partial charge < -0.3 is 5.11 Å². The molecule has 0 radical (unpaired) electrons. The van der Waals surface area contributed by atoms with Crippen LogP contribution in [-0.2, 0) is 12.8 Å². The molecule has 0 saturated heterocycles. The molecule has 0 saturated carbocycles. The van der Waals surface area contributed by atoms with Crippen molar-refractivity contribution in [2.24, 2.45) is 0 Å². The maximum absolute atomic E-state index is 13.4. The minimum atomic E-state index is -0.476. The lowest BCUT2D eigenvalue weighted by Crippen LogP contribution is -2.30. The van der Waals surface area contributed by atoms with Crippen LogP contribution in [0.4, 0.5) is 4.39 Å². The van der Waals surface area contributed by atoms with Gasteiger partial charge in [0, 0.05) is 5.92 Å². The van der Waals surface area contributed by atoms with Crippen LogP contribution >= 0.6 is 11.6 Å². The molecule has 1 aliphatic carbocycles. The molecule has 2 atom stereocenters. The highest BCUT2D eigenvalue weighted by molar-refractivity contribution is 6.30. The summed E-state index contributed by atoms with van der Waals surface area (Å²) in [5.41, 5.74) is 3.29. The molecule has 0 aliphatic heterocycles. The zero-order valence-corrected chi connectivity index (χ0v) is 11.1. The van der Waals surface area contributed by atoms with E-state index in [2.05, 4.69) is 12.1 Å². The van der Waals surface area contributed by atoms with Crippen molar-refractivity contribution in [2.75, 3.05) is 0 Å². The third kappa shape index (κ3) is 2.38. The Balaban J connectivity index is 1.73. The molecule has 19 heavy (non-hydrogen) atoms. The second-order valence-electron chi connectivity index (χ2n) is 5.03. The third-order valence-corrected chi connectivity index (χ3v) is 4.09. The summed E-state index contributed by atoms with van der Waals surface area (Å²) in [5.74, 6) is -0.268. The van der Waals surface area contributed by atoms with Gasteiger partial charge in [0.2, 0.25) is 0 Å². The molecule has 0 amide bonds. The summed E-state index contributed by atoms with van der Waals surface area (Å²) in [6, 6.07) is 12.8. The lowest BCUT2D eigenvalue weighted by Gasteiger charge is -2.34. The average molecular weight is 277 g/mol. The summed E-state index contributed by atoms with van der Waals surface area (Å²) in [5, 5.41) is 10.4. The molecule has 2 unspecified atom stereocenters. The van der Waals surface area contributed by atoms with E-state index in [1.165, 1.54) is 23.3 Å². The molecule has 3 heteroatoms. The average Bonchev–Trinajstić information content (AvgIpc) is 2.35. The molecule has 1 N–H and O–H groups in total. The van der Waals surface area contributed by atoms with E-state index in [1.807, 2.05) is 12.1 Å². The Morgan fingerprint density at radius 1 is 1.26 bits per heavy atom. The van der Waals surface area contributed by atoms with E-state index in [0.29, 0.717) is 6.42 Å². The SMILES string of the molecule is OC(Cc1ccc(Cl)c(F)c1)C1Cc2ccccc21. The minimum absolute atomic E-state index is 0.118. The first-order valence-electron chi connectivity index (χ1n) is 6.35. The van der Waals surface area contributed by atoms with Crippen molar-refractivity contribution in [3.63, 3.8) is 0 Å². The molecule has 2 aromatic rings. The highest BCUT2D eigenvalue weighted by Gasteiger charge is 2.31. The van der Waals surface area contributed by atoms with Gasteiger partial charge in [-0.25, -0.2) is 4.39 Å². The fourth-order valence-corrected chi connectivity index (χ4v) is 2.81. The van der Waals surface area contributed by atoms with Crippen LogP contribution in [0, 0.1) is 5.82 Å². The van der Waals surface area contributed by atoms with Gasteiger partial charge in [-0.2, -0.15) is 0 Å². The van der Waals surface area contributed by atoms with Crippen LogP contribution in [0.3, 0.4) is 0 Å². The fourth-order valence-electron chi connectivity index (χ4n) is 2.69. The predicted molar refractivity (Wildman–Crippen MR) is 74.0 cm³/mol. The fraction of sp³-hybridized carbons (Fsp3) is 0.250. The van der Waals surface area contributed by atoms with Gasteiger partial charge in [0.1, 0.15) is 5.82 Å². The summed E-state index contributed by atoms with van der Waals surface area (Å²) in [6.07, 6.45) is 0.871. The topological polar surface area (TPSA) is 20.2 Å². The summed E-state index contributed by atoms with van der Waals surface area (Å²) in [6.45, 7) is 0. The largest absolute Gasteiger partial charge is 0.392 e. The van der Waals surface area contributed by atoms with Crippen LogP contribution in [0.25, 0.3) is 0 Å². The van der Waals surface area contributed by atoms with Gasteiger partial charge in [-0.15, -0.1) is 0 Å². The van der Waals surface area contributed by atoms with Crippen LogP contribution < -0.4 is 0 Å². The van der Waals surface area contributed by atoms with Crippen LogP contribution in [0.2, 0.25) is 5.02 Å². The van der Waals surface area contributed by atoms with Gasteiger partial charge in [0.25, 0.3) is 0 Å². The molecular weight excluding hydrogens is 263 g/mol. The number of aliphatic hydroxyl groups excluding tert-OH is 1. The Morgan fingerprint density at radius 3 is 2.79 bits per heavy atom. The van der Waals surface area contributed by atoms with Crippen molar-refractivity contribution < 1.29 is 9.50 Å². The number of benzene rings is 2. The second-order valence-corrected chi connectivity index (χ2v) is 5.44. The predicted octanol–water partition coefficient (Wildman–Crippen LogP) is 3.72. The molecule has 1 aliphatic rings. The van der Waals surface area contributed by atoms with Crippen LogP contribution in [0.5, 0.6) is 0 Å². The normalized spacial score (nSPS) is 18.6. The zero-order chi connectivity index (χ0) is 13.4. The molecule has 0 heterocycles. The quantitative estimate of drug-likeness (QED) is 0.906. The van der Waals surface area contributed by atoms with E-state index in [0.717, 1.165) is 12.0 Å². The maximum Gasteiger partial charge on any atom is 0.142 e. The zero-order valence-electron chi connectivity index (χ0n) is 10.3. The summed E-state index contributed by atoms with van der Waals surface area (Å²) in [4.78, 5) is 0. The van der Waals surface area contributed by atoms with Gasteiger partial charge >= 0.3 is 0 Å². The standard InChI is InChI=1S/C16H14ClFO/c17-14-6-5-10(7-15(14)18)8-16(19)13-9-11-3-1-2-4-12(11)13/h1-7,13,16,19H,8-9H2. The second kappa shape index (κ2) is 4.95. The summed E-state index contributed by atoms with van der Waals surface area (Å²) >= 11 is 5.65. The van der Waals surface area contributed by atoms with Crippen molar-refractivity contribution in [3.8, 4) is 0 Å². The Hall–Kier alpha value is -1.38. The van der Waals surface area contributed by atoms with Crippen molar-refractivity contribution in [1.29, 1.82) is 0 Å². The number of hydrogen-bond donors (Lipinski definition) is 1. The van der Waals surface area contributed by atoms with Crippen LogP contribution in [0.1, 0.15) is 22.6 Å². The number of aliphatic hydroxyl groups is 1. The van der Waals surface area contributed by atoms with Crippen molar-refractivity contribution in [1.82, 2.24) is 0 Å². The highest BCUT2D eigenvalue weighted by Crippen LogP contribution is 2.38. The first-order valence-corrected chi connectivity index (χ1v) is 6.73. The maximum atomic E-state index is 13.4. The molecule has 2 aromatic carbocycles. The number of fused-ring (bicyclic) bond motifs is 1. The molecular formula is C16H14ClFO. The molecule has 0 aromatic heterocycles. The smallest absolute Gasteiger partial charge is 0.142 e. The van der Waals surface area contributed by atoms with Crippen molar-refractivity contribution in [2.45, 2.75) is 24.9 Å². The van der Waals surface area contributed by atoms with Crippen LogP contribution in [-0.4, -0.2) is 11.2 Å². The minimum Gasteiger partial charge on any atom is -0.392 e. The van der Waals surface area contributed by atoms with Gasteiger partial charge in [0.05, 0.1) is 11.1 Å². The van der Waals surface area contributed by atoms with E-state index in [9.17, 15) is 9.50 Å². The Labute approximate surface area is 116 Å². The molecule has 0 bridgehead atoms. The van der Waals surface area contributed by atoms with E-state index < -0.39 is 11.9 Å². The van der Waals surface area contributed by atoms with Crippen molar-refractivity contribution in [3.05, 3.63) is 70.0 Å². The molecule has 0 spiro atoms. The van der Waals surface area contributed by atoms with Crippen molar-refractivity contribution >= 4 is 11.6 Å². The number of hydrogen-bond acceptors (Lipinski definition) is 1. The molecule has 1 nitrogen and oxygen atoms in total. The van der Waals surface area contributed by atoms with Gasteiger partial charge in [-0.3, -0.25) is 0 Å².